The highest BCUT2D eigenvalue weighted by molar-refractivity contribution is 7.99. The smallest absolute Gasteiger partial charge is 0.145 e. The van der Waals surface area contributed by atoms with Gasteiger partial charge in [-0.15, -0.1) is 11.3 Å². The van der Waals surface area contributed by atoms with E-state index in [2.05, 4.69) is 18.8 Å². The number of fused-ring (bicyclic) bond motifs is 1. The molecule has 0 aromatic carbocycles. The highest BCUT2D eigenvalue weighted by Crippen LogP contribution is 2.39. The second-order valence-corrected chi connectivity index (χ2v) is 7.30. The van der Waals surface area contributed by atoms with E-state index in [4.69, 9.17) is 10.7 Å². The topological polar surface area (TPSA) is 51.8 Å². The van der Waals surface area contributed by atoms with Crippen molar-refractivity contribution in [3.8, 4) is 0 Å². The van der Waals surface area contributed by atoms with E-state index in [1.54, 1.807) is 11.3 Å². The van der Waals surface area contributed by atoms with Crippen molar-refractivity contribution >= 4 is 39.1 Å². The largest absolute Gasteiger partial charge is 0.383 e. The summed E-state index contributed by atoms with van der Waals surface area (Å²) in [6.07, 6.45) is 3.77. The molecule has 0 bridgehead atoms. The van der Waals surface area contributed by atoms with Crippen LogP contribution in [0.3, 0.4) is 0 Å². The summed E-state index contributed by atoms with van der Waals surface area (Å²) < 4.78 is 0. The van der Waals surface area contributed by atoms with Crippen molar-refractivity contribution in [1.29, 1.82) is 0 Å². The van der Waals surface area contributed by atoms with Crippen molar-refractivity contribution < 1.29 is 0 Å². The predicted octanol–water partition coefficient (Wildman–Crippen LogP) is 3.85. The molecule has 1 unspecified atom stereocenters. The number of hydrogen-bond acceptors (Lipinski definition) is 5. The van der Waals surface area contributed by atoms with E-state index >= 15 is 0 Å². The molecule has 0 amide bonds. The summed E-state index contributed by atoms with van der Waals surface area (Å²) in [7, 11) is 0. The number of thioether (sulfide) groups is 1. The van der Waals surface area contributed by atoms with Crippen LogP contribution in [0.25, 0.3) is 10.2 Å². The Kier molecular flexibility index (Phi) is 3.20. The maximum atomic E-state index is 6.12. The molecule has 0 saturated carbocycles. The van der Waals surface area contributed by atoms with Gasteiger partial charge in [-0.1, -0.05) is 6.42 Å². The third kappa shape index (κ3) is 1.99. The van der Waals surface area contributed by atoms with Crippen LogP contribution in [0, 0.1) is 13.8 Å². The van der Waals surface area contributed by atoms with Gasteiger partial charge in [0.1, 0.15) is 16.5 Å². The zero-order valence-electron chi connectivity index (χ0n) is 10.7. The Labute approximate surface area is 115 Å². The first-order chi connectivity index (χ1) is 8.66. The lowest BCUT2D eigenvalue weighted by molar-refractivity contribution is 0.665. The van der Waals surface area contributed by atoms with Gasteiger partial charge in [-0.2, -0.15) is 11.8 Å². The van der Waals surface area contributed by atoms with Crippen LogP contribution < -0.4 is 5.73 Å². The van der Waals surface area contributed by atoms with Crippen LogP contribution in [0.15, 0.2) is 0 Å². The van der Waals surface area contributed by atoms with Crippen LogP contribution in [0.5, 0.6) is 0 Å². The Morgan fingerprint density at radius 1 is 1.22 bits per heavy atom. The number of nitrogens with two attached hydrogens (primary N) is 1. The molecule has 0 radical (unpaired) electrons. The van der Waals surface area contributed by atoms with E-state index < -0.39 is 0 Å². The summed E-state index contributed by atoms with van der Waals surface area (Å²) in [5.41, 5.74) is 7.36. The van der Waals surface area contributed by atoms with Gasteiger partial charge in [-0.05, 0) is 38.0 Å². The number of aromatic nitrogens is 2. The molecule has 5 heteroatoms. The van der Waals surface area contributed by atoms with E-state index in [-0.39, 0.29) is 0 Å². The molecule has 1 atom stereocenters. The number of nitrogen functional groups attached to an aromatic ring is 1. The molecule has 3 heterocycles. The second kappa shape index (κ2) is 4.70. The molecule has 0 spiro atoms. The molecule has 3 nitrogen and oxygen atoms in total. The zero-order valence-corrected chi connectivity index (χ0v) is 12.3. The summed E-state index contributed by atoms with van der Waals surface area (Å²) in [6.45, 7) is 4.22. The molecule has 96 valence electrons. The molecule has 1 aliphatic heterocycles. The first kappa shape index (κ1) is 12.2. The quantitative estimate of drug-likeness (QED) is 0.861. The standard InChI is InChI=1S/C13H17N3S2/c1-7-8(2)18-13-10(7)11(14)15-12(16-13)9-5-3-4-6-17-9/h9H,3-6H2,1-2H3,(H2,14,15,16). The van der Waals surface area contributed by atoms with Crippen molar-refractivity contribution in [3.63, 3.8) is 0 Å². The average Bonchev–Trinajstić information content (AvgIpc) is 2.66. The Morgan fingerprint density at radius 2 is 2.06 bits per heavy atom. The fraction of sp³-hybridized carbons (Fsp3) is 0.538. The zero-order chi connectivity index (χ0) is 12.7. The fourth-order valence-corrected chi connectivity index (χ4v) is 4.67. The maximum Gasteiger partial charge on any atom is 0.145 e. The lowest BCUT2D eigenvalue weighted by atomic mass is 10.1. The van der Waals surface area contributed by atoms with E-state index in [9.17, 15) is 0 Å². The van der Waals surface area contributed by atoms with Crippen LogP contribution >= 0.6 is 23.1 Å². The molecular weight excluding hydrogens is 262 g/mol. The van der Waals surface area contributed by atoms with Gasteiger partial charge in [-0.3, -0.25) is 0 Å². The first-order valence-electron chi connectivity index (χ1n) is 6.31. The first-order valence-corrected chi connectivity index (χ1v) is 8.18. The maximum absolute atomic E-state index is 6.12. The Morgan fingerprint density at radius 3 is 2.78 bits per heavy atom. The van der Waals surface area contributed by atoms with Gasteiger partial charge in [0, 0.05) is 4.88 Å². The van der Waals surface area contributed by atoms with Crippen LogP contribution in [0.2, 0.25) is 0 Å². The van der Waals surface area contributed by atoms with Crippen LogP contribution in [0.1, 0.15) is 40.8 Å². The lowest BCUT2D eigenvalue weighted by Crippen LogP contribution is -2.08. The van der Waals surface area contributed by atoms with Gasteiger partial charge in [0.15, 0.2) is 0 Å². The van der Waals surface area contributed by atoms with Crippen molar-refractivity contribution in [2.75, 3.05) is 11.5 Å². The third-order valence-corrected chi connectivity index (χ3v) is 6.02. The molecule has 2 aromatic heterocycles. The molecule has 3 rings (SSSR count). The molecular formula is C13H17N3S2. The average molecular weight is 279 g/mol. The van der Waals surface area contributed by atoms with Crippen molar-refractivity contribution in [3.05, 3.63) is 16.3 Å². The highest BCUT2D eigenvalue weighted by Gasteiger charge is 2.21. The Bertz CT molecular complexity index is 585. The number of anilines is 1. The van der Waals surface area contributed by atoms with E-state index in [0.717, 1.165) is 16.0 Å². The summed E-state index contributed by atoms with van der Waals surface area (Å²) in [4.78, 5) is 11.6. The number of rotatable bonds is 1. The van der Waals surface area contributed by atoms with Gasteiger partial charge in [0.05, 0.1) is 10.6 Å². The summed E-state index contributed by atoms with van der Waals surface area (Å²) >= 11 is 3.70. The molecule has 1 saturated heterocycles. The van der Waals surface area contributed by atoms with Gasteiger partial charge in [0.25, 0.3) is 0 Å². The summed E-state index contributed by atoms with van der Waals surface area (Å²) in [5, 5.41) is 1.50. The van der Waals surface area contributed by atoms with Crippen molar-refractivity contribution in [2.45, 2.75) is 38.4 Å². The van der Waals surface area contributed by atoms with E-state index in [0.29, 0.717) is 11.1 Å². The normalized spacial score (nSPS) is 20.4. The molecule has 0 aliphatic carbocycles. The molecule has 18 heavy (non-hydrogen) atoms. The van der Waals surface area contributed by atoms with Gasteiger partial charge in [0.2, 0.25) is 0 Å². The summed E-state index contributed by atoms with van der Waals surface area (Å²) in [6, 6.07) is 0. The fourth-order valence-electron chi connectivity index (χ4n) is 2.39. The number of aryl methyl sites for hydroxylation is 2. The minimum absolute atomic E-state index is 0.438. The minimum atomic E-state index is 0.438. The van der Waals surface area contributed by atoms with E-state index in [1.807, 2.05) is 11.8 Å². The number of nitrogens with zero attached hydrogens (tertiary/aromatic N) is 2. The van der Waals surface area contributed by atoms with Crippen molar-refractivity contribution in [2.24, 2.45) is 0 Å². The van der Waals surface area contributed by atoms with Crippen LogP contribution in [-0.4, -0.2) is 15.7 Å². The Balaban J connectivity index is 2.09. The molecule has 2 aromatic rings. The number of hydrogen-bond donors (Lipinski definition) is 1. The molecule has 1 aliphatic rings. The van der Waals surface area contributed by atoms with E-state index in [1.165, 1.54) is 35.5 Å². The van der Waals surface area contributed by atoms with Crippen LogP contribution in [-0.2, 0) is 0 Å². The van der Waals surface area contributed by atoms with Crippen molar-refractivity contribution in [1.82, 2.24) is 9.97 Å². The predicted molar refractivity (Wildman–Crippen MR) is 80.4 cm³/mol. The van der Waals surface area contributed by atoms with Gasteiger partial charge >= 0.3 is 0 Å². The summed E-state index contributed by atoms with van der Waals surface area (Å²) in [5.74, 6) is 2.81. The van der Waals surface area contributed by atoms with Crippen LogP contribution in [0.4, 0.5) is 5.82 Å². The number of thiophene rings is 1. The monoisotopic (exact) mass is 279 g/mol. The molecule has 1 fully saturated rings. The van der Waals surface area contributed by atoms with Gasteiger partial charge < -0.3 is 5.73 Å². The minimum Gasteiger partial charge on any atom is -0.383 e. The SMILES string of the molecule is Cc1sc2nc(C3CCCCS3)nc(N)c2c1C. The molecule has 2 N–H and O–H groups in total. The Hall–Kier alpha value is -0.810. The third-order valence-electron chi connectivity index (χ3n) is 3.54. The highest BCUT2D eigenvalue weighted by atomic mass is 32.2. The lowest BCUT2D eigenvalue weighted by Gasteiger charge is -2.20. The van der Waals surface area contributed by atoms with Gasteiger partial charge in [-0.25, -0.2) is 9.97 Å². The second-order valence-electron chi connectivity index (χ2n) is 4.79.